The van der Waals surface area contributed by atoms with Gasteiger partial charge in [-0.2, -0.15) is 0 Å². The smallest absolute Gasteiger partial charge is 0.193 e. The van der Waals surface area contributed by atoms with Crippen LogP contribution in [0.25, 0.3) is 5.76 Å². The minimum atomic E-state index is -0.450. The van der Waals surface area contributed by atoms with E-state index in [0.717, 1.165) is 18.2 Å². The maximum Gasteiger partial charge on any atom is 0.193 e. The number of para-hydroxylation sites is 1. The van der Waals surface area contributed by atoms with E-state index in [2.05, 4.69) is 6.92 Å². The summed E-state index contributed by atoms with van der Waals surface area (Å²) >= 11 is 0. The van der Waals surface area contributed by atoms with E-state index in [1.807, 2.05) is 0 Å². The van der Waals surface area contributed by atoms with E-state index in [0.29, 0.717) is 12.2 Å². The van der Waals surface area contributed by atoms with E-state index in [4.69, 9.17) is 4.74 Å². The van der Waals surface area contributed by atoms with Gasteiger partial charge in [-0.15, -0.1) is 0 Å². The second-order valence-corrected chi connectivity index (χ2v) is 6.55. The summed E-state index contributed by atoms with van der Waals surface area (Å²) in [6.07, 6.45) is 8.41. The van der Waals surface area contributed by atoms with E-state index in [1.165, 1.54) is 44.2 Å². The average Bonchev–Trinajstić information content (AvgIpc) is 2.68. The highest BCUT2D eigenvalue weighted by Crippen LogP contribution is 2.21. The lowest BCUT2D eigenvalue weighted by molar-refractivity contribution is 0.104. The van der Waals surface area contributed by atoms with Gasteiger partial charge in [0.25, 0.3) is 0 Å². The summed E-state index contributed by atoms with van der Waals surface area (Å²) in [6, 6.07) is 13.2. The van der Waals surface area contributed by atoms with Crippen LogP contribution in [0, 0.1) is 0 Å². The fraction of sp³-hybridized carbons (Fsp3) is 0.348. The average molecular weight is 368 g/mol. The van der Waals surface area contributed by atoms with Gasteiger partial charge in [0.15, 0.2) is 5.78 Å². The second-order valence-electron chi connectivity index (χ2n) is 6.55. The molecule has 0 bridgehead atoms. The summed E-state index contributed by atoms with van der Waals surface area (Å²) in [5, 5.41) is 19.9. The van der Waals surface area contributed by atoms with Gasteiger partial charge in [-0.1, -0.05) is 51.2 Å². The molecule has 144 valence electrons. The lowest BCUT2D eigenvalue weighted by Crippen LogP contribution is -1.98. The van der Waals surface area contributed by atoms with Crippen molar-refractivity contribution < 1.29 is 19.7 Å². The number of ether oxygens (including phenoxy) is 1. The van der Waals surface area contributed by atoms with Crippen molar-refractivity contribution in [2.24, 2.45) is 0 Å². The highest BCUT2D eigenvalue weighted by atomic mass is 16.5. The first kappa shape index (κ1) is 20.6. The Morgan fingerprint density at radius 1 is 0.963 bits per heavy atom. The van der Waals surface area contributed by atoms with Crippen molar-refractivity contribution >= 4 is 11.5 Å². The first-order valence-electron chi connectivity index (χ1n) is 9.58. The molecule has 2 rings (SSSR count). The predicted molar refractivity (Wildman–Crippen MR) is 108 cm³/mol. The maximum absolute atomic E-state index is 12.2. The van der Waals surface area contributed by atoms with Crippen LogP contribution >= 0.6 is 0 Å². The molecule has 0 spiro atoms. The van der Waals surface area contributed by atoms with Crippen molar-refractivity contribution in [3.63, 3.8) is 0 Å². The lowest BCUT2D eigenvalue weighted by Gasteiger charge is -2.07. The van der Waals surface area contributed by atoms with Crippen molar-refractivity contribution in [1.82, 2.24) is 0 Å². The molecule has 0 saturated heterocycles. The number of rotatable bonds is 11. The van der Waals surface area contributed by atoms with Crippen LogP contribution in [0.1, 0.15) is 61.4 Å². The van der Waals surface area contributed by atoms with Crippen LogP contribution in [0.2, 0.25) is 0 Å². The summed E-state index contributed by atoms with van der Waals surface area (Å²) in [7, 11) is 0. The van der Waals surface area contributed by atoms with Gasteiger partial charge in [0, 0.05) is 11.6 Å². The summed E-state index contributed by atoms with van der Waals surface area (Å²) in [4.78, 5) is 12.2. The molecule has 0 amide bonds. The highest BCUT2D eigenvalue weighted by Gasteiger charge is 2.10. The monoisotopic (exact) mass is 368 g/mol. The summed E-state index contributed by atoms with van der Waals surface area (Å²) in [5.74, 6) is 0.0388. The zero-order valence-corrected chi connectivity index (χ0v) is 15.9. The molecule has 2 aromatic carbocycles. The number of unbranched alkanes of at least 4 members (excludes halogenated alkanes) is 5. The topological polar surface area (TPSA) is 66.8 Å². The Kier molecular flexibility index (Phi) is 8.43. The number of aliphatic hydroxyl groups is 1. The van der Waals surface area contributed by atoms with E-state index in [-0.39, 0.29) is 17.1 Å². The number of phenols is 1. The SMILES string of the molecule is CCCCCCCCOc1ccc(C(O)=CC(=O)c2ccccc2O)cc1. The van der Waals surface area contributed by atoms with Crippen LogP contribution in [0.15, 0.2) is 54.6 Å². The molecule has 0 aliphatic heterocycles. The minimum Gasteiger partial charge on any atom is -0.507 e. The van der Waals surface area contributed by atoms with Crippen LogP contribution in [0.5, 0.6) is 11.5 Å². The molecule has 0 aliphatic carbocycles. The third-order valence-electron chi connectivity index (χ3n) is 4.35. The zero-order chi connectivity index (χ0) is 19.5. The second kappa shape index (κ2) is 11.1. The Balaban J connectivity index is 1.85. The molecule has 0 fully saturated rings. The van der Waals surface area contributed by atoms with E-state index in [9.17, 15) is 15.0 Å². The third-order valence-corrected chi connectivity index (χ3v) is 4.35. The maximum atomic E-state index is 12.2. The Labute approximate surface area is 161 Å². The van der Waals surface area contributed by atoms with Crippen LogP contribution in [0.3, 0.4) is 0 Å². The van der Waals surface area contributed by atoms with Crippen LogP contribution < -0.4 is 4.74 Å². The summed E-state index contributed by atoms with van der Waals surface area (Å²) in [6.45, 7) is 2.89. The molecule has 27 heavy (non-hydrogen) atoms. The number of phenolic OH excluding ortho intramolecular Hbond substituents is 1. The normalized spacial score (nSPS) is 11.4. The fourth-order valence-corrected chi connectivity index (χ4v) is 2.76. The predicted octanol–water partition coefficient (Wildman–Crippen LogP) is 5.91. The number of carbonyl (C=O) groups is 1. The minimum absolute atomic E-state index is 0.106. The van der Waals surface area contributed by atoms with E-state index >= 15 is 0 Å². The molecule has 2 N–H and O–H groups in total. The van der Waals surface area contributed by atoms with Gasteiger partial charge in [-0.05, 0) is 42.8 Å². The summed E-state index contributed by atoms with van der Waals surface area (Å²) < 4.78 is 5.71. The standard InChI is InChI=1S/C23H28O4/c1-2-3-4-5-6-9-16-27-19-14-12-18(13-15-19)22(25)17-23(26)20-10-7-8-11-21(20)24/h7-8,10-15,17,24-25H,2-6,9,16H2,1H3. The molecule has 2 aromatic rings. The molecule has 4 heteroatoms. The zero-order valence-electron chi connectivity index (χ0n) is 15.9. The van der Waals surface area contributed by atoms with Gasteiger partial charge in [-0.25, -0.2) is 0 Å². The van der Waals surface area contributed by atoms with Gasteiger partial charge in [0.05, 0.1) is 12.2 Å². The van der Waals surface area contributed by atoms with Crippen LogP contribution in [0.4, 0.5) is 0 Å². The number of benzene rings is 2. The molecule has 0 saturated carbocycles. The Morgan fingerprint density at radius 3 is 2.33 bits per heavy atom. The number of carbonyl (C=O) groups excluding carboxylic acids is 1. The molecule has 0 radical (unpaired) electrons. The van der Waals surface area contributed by atoms with Crippen LogP contribution in [-0.4, -0.2) is 22.6 Å². The first-order chi connectivity index (χ1) is 13.1. The van der Waals surface area contributed by atoms with Gasteiger partial charge >= 0.3 is 0 Å². The number of hydrogen-bond acceptors (Lipinski definition) is 4. The lowest BCUT2D eigenvalue weighted by atomic mass is 10.1. The van der Waals surface area contributed by atoms with Crippen molar-refractivity contribution in [3.8, 4) is 11.5 Å². The quantitative estimate of drug-likeness (QED) is 0.224. The van der Waals surface area contributed by atoms with E-state index in [1.54, 1.807) is 36.4 Å². The first-order valence-corrected chi connectivity index (χ1v) is 9.58. The van der Waals surface area contributed by atoms with Gasteiger partial charge in [-0.3, -0.25) is 4.79 Å². The Hall–Kier alpha value is -2.75. The number of aromatic hydroxyl groups is 1. The number of aliphatic hydroxyl groups excluding tert-OH is 1. The van der Waals surface area contributed by atoms with Crippen molar-refractivity contribution in [3.05, 3.63) is 65.7 Å². The van der Waals surface area contributed by atoms with Crippen molar-refractivity contribution in [1.29, 1.82) is 0 Å². The molecule has 0 aliphatic rings. The molecule has 0 aromatic heterocycles. The molecule has 4 nitrogen and oxygen atoms in total. The molecular formula is C23H28O4. The number of ketones is 1. The molecular weight excluding hydrogens is 340 g/mol. The van der Waals surface area contributed by atoms with E-state index < -0.39 is 5.78 Å². The Bertz CT molecular complexity index is 747. The van der Waals surface area contributed by atoms with Crippen LogP contribution in [-0.2, 0) is 0 Å². The molecule has 0 unspecified atom stereocenters. The largest absolute Gasteiger partial charge is 0.507 e. The van der Waals surface area contributed by atoms with Gasteiger partial charge in [0.2, 0.25) is 0 Å². The number of allylic oxidation sites excluding steroid dienone is 1. The third kappa shape index (κ3) is 6.81. The summed E-state index contributed by atoms with van der Waals surface area (Å²) in [5.41, 5.74) is 0.675. The molecule has 0 atom stereocenters. The highest BCUT2D eigenvalue weighted by molar-refractivity contribution is 6.09. The fourth-order valence-electron chi connectivity index (χ4n) is 2.76. The molecule has 0 heterocycles. The van der Waals surface area contributed by atoms with Gasteiger partial charge < -0.3 is 14.9 Å². The number of hydrogen-bond donors (Lipinski definition) is 2. The van der Waals surface area contributed by atoms with Gasteiger partial charge in [0.1, 0.15) is 17.3 Å². The Morgan fingerprint density at radius 2 is 1.63 bits per heavy atom. The van der Waals surface area contributed by atoms with Crippen molar-refractivity contribution in [2.45, 2.75) is 45.4 Å². The van der Waals surface area contributed by atoms with Crippen molar-refractivity contribution in [2.75, 3.05) is 6.61 Å².